The second-order valence-corrected chi connectivity index (χ2v) is 4.03. The molecule has 1 aromatic rings. The van der Waals surface area contributed by atoms with Gasteiger partial charge >= 0.3 is 0 Å². The van der Waals surface area contributed by atoms with E-state index in [-0.39, 0.29) is 0 Å². The van der Waals surface area contributed by atoms with Gasteiger partial charge in [-0.3, -0.25) is 0 Å². The molecule has 1 N–H and O–H groups in total. The van der Waals surface area contributed by atoms with Gasteiger partial charge in [-0.05, 0) is 7.05 Å². The normalized spacial score (nSPS) is 19.1. The fraction of sp³-hybridized carbons (Fsp3) is 0.556. The van der Waals surface area contributed by atoms with Crippen LogP contribution in [0, 0.1) is 0 Å². The Hall–Kier alpha value is -0.910. The lowest BCUT2D eigenvalue weighted by molar-refractivity contribution is 0.178. The minimum Gasteiger partial charge on any atom is -0.304 e. The lowest BCUT2D eigenvalue weighted by atomic mass is 10.4. The van der Waals surface area contributed by atoms with Gasteiger partial charge in [-0.2, -0.15) is 0 Å². The van der Waals surface area contributed by atoms with Crippen molar-refractivity contribution in [3.05, 3.63) is 17.5 Å². The number of piperazine rings is 1. The van der Waals surface area contributed by atoms with Crippen molar-refractivity contribution in [2.75, 3.05) is 38.7 Å². The minimum absolute atomic E-state index is 0.552. The molecule has 2 heterocycles. The molecule has 1 fully saturated rings. The van der Waals surface area contributed by atoms with Crippen molar-refractivity contribution in [1.29, 1.82) is 0 Å². The highest BCUT2D eigenvalue weighted by molar-refractivity contribution is 6.32. The van der Waals surface area contributed by atoms with E-state index in [9.17, 15) is 0 Å². The standard InChI is InChI=1S/C9H14ClN5/c1-14-2-4-15(5-3-14)13-9-8(10)6-11-7-12-9/h6-7H,2-5H2,1H3,(H,11,12,13). The molecule has 15 heavy (non-hydrogen) atoms. The van der Waals surface area contributed by atoms with Crippen LogP contribution in [-0.4, -0.2) is 53.1 Å². The first-order chi connectivity index (χ1) is 7.25. The van der Waals surface area contributed by atoms with E-state index < -0.39 is 0 Å². The van der Waals surface area contributed by atoms with Crippen molar-refractivity contribution >= 4 is 17.4 Å². The van der Waals surface area contributed by atoms with E-state index in [0.717, 1.165) is 26.2 Å². The van der Waals surface area contributed by atoms with Crippen molar-refractivity contribution in [2.24, 2.45) is 0 Å². The summed E-state index contributed by atoms with van der Waals surface area (Å²) in [6, 6.07) is 0. The van der Waals surface area contributed by atoms with Gasteiger partial charge in [-0.15, -0.1) is 0 Å². The van der Waals surface area contributed by atoms with Crippen molar-refractivity contribution in [1.82, 2.24) is 19.9 Å². The molecule has 0 bridgehead atoms. The molecule has 1 saturated heterocycles. The molecule has 0 spiro atoms. The van der Waals surface area contributed by atoms with Gasteiger partial charge < -0.3 is 10.3 Å². The van der Waals surface area contributed by atoms with Crippen molar-refractivity contribution in [2.45, 2.75) is 0 Å². The van der Waals surface area contributed by atoms with Crippen molar-refractivity contribution in [3.63, 3.8) is 0 Å². The number of rotatable bonds is 2. The maximum Gasteiger partial charge on any atom is 0.162 e. The van der Waals surface area contributed by atoms with Crippen LogP contribution in [0.4, 0.5) is 5.82 Å². The molecule has 0 saturated carbocycles. The second-order valence-electron chi connectivity index (χ2n) is 3.62. The number of nitrogens with one attached hydrogen (secondary N) is 1. The molecule has 1 aliphatic heterocycles. The molecule has 6 heteroatoms. The summed E-state index contributed by atoms with van der Waals surface area (Å²) in [7, 11) is 2.12. The number of halogens is 1. The number of hydrogen-bond acceptors (Lipinski definition) is 5. The molecule has 0 unspecified atom stereocenters. The Kier molecular flexibility index (Phi) is 3.35. The monoisotopic (exact) mass is 227 g/mol. The van der Waals surface area contributed by atoms with Crippen LogP contribution in [0.1, 0.15) is 0 Å². The third-order valence-electron chi connectivity index (χ3n) is 2.43. The molecular weight excluding hydrogens is 214 g/mol. The third kappa shape index (κ3) is 2.77. The topological polar surface area (TPSA) is 44.3 Å². The molecule has 82 valence electrons. The van der Waals surface area contributed by atoms with Gasteiger partial charge in [0.2, 0.25) is 0 Å². The van der Waals surface area contributed by atoms with Crippen molar-refractivity contribution in [3.8, 4) is 0 Å². The van der Waals surface area contributed by atoms with E-state index in [1.54, 1.807) is 6.20 Å². The minimum atomic E-state index is 0.552. The predicted octanol–water partition coefficient (Wildman–Crippen LogP) is 0.704. The highest BCUT2D eigenvalue weighted by Crippen LogP contribution is 2.17. The van der Waals surface area contributed by atoms with Crippen LogP contribution in [0.3, 0.4) is 0 Å². The lowest BCUT2D eigenvalue weighted by Crippen LogP contribution is -2.47. The number of hydrogen-bond donors (Lipinski definition) is 1. The van der Waals surface area contributed by atoms with Gasteiger partial charge in [0.05, 0.1) is 6.20 Å². The Bertz CT molecular complexity index is 324. The van der Waals surface area contributed by atoms with Gasteiger partial charge in [0.25, 0.3) is 0 Å². The smallest absolute Gasteiger partial charge is 0.162 e. The molecule has 0 radical (unpaired) electrons. The summed E-state index contributed by atoms with van der Waals surface area (Å²) in [4.78, 5) is 10.2. The zero-order valence-electron chi connectivity index (χ0n) is 8.65. The zero-order valence-corrected chi connectivity index (χ0v) is 9.41. The van der Waals surface area contributed by atoms with E-state index in [1.807, 2.05) is 0 Å². The number of likely N-dealkylation sites (N-methyl/N-ethyl adjacent to an activating group) is 1. The van der Waals surface area contributed by atoms with Crippen LogP contribution in [0.15, 0.2) is 12.5 Å². The number of anilines is 1. The fourth-order valence-corrected chi connectivity index (χ4v) is 1.61. The van der Waals surface area contributed by atoms with E-state index in [2.05, 4.69) is 32.4 Å². The molecule has 0 atom stereocenters. The summed E-state index contributed by atoms with van der Waals surface area (Å²) < 4.78 is 0. The van der Waals surface area contributed by atoms with Crippen molar-refractivity contribution < 1.29 is 0 Å². The van der Waals surface area contributed by atoms with Gasteiger partial charge in [-0.1, -0.05) is 11.6 Å². The van der Waals surface area contributed by atoms with Crippen LogP contribution in [0.2, 0.25) is 5.02 Å². The second kappa shape index (κ2) is 4.74. The molecule has 5 nitrogen and oxygen atoms in total. The Morgan fingerprint density at radius 1 is 1.33 bits per heavy atom. The first kappa shape index (κ1) is 10.6. The average Bonchev–Trinajstić information content (AvgIpc) is 2.25. The Morgan fingerprint density at radius 2 is 2.07 bits per heavy atom. The predicted molar refractivity (Wildman–Crippen MR) is 59.7 cm³/mol. The van der Waals surface area contributed by atoms with Crippen LogP contribution in [-0.2, 0) is 0 Å². The van der Waals surface area contributed by atoms with Crippen LogP contribution in [0.25, 0.3) is 0 Å². The quantitative estimate of drug-likeness (QED) is 0.806. The fourth-order valence-electron chi connectivity index (χ4n) is 1.46. The largest absolute Gasteiger partial charge is 0.304 e. The Balaban J connectivity index is 1.95. The van der Waals surface area contributed by atoms with Gasteiger partial charge in [-0.25, -0.2) is 15.0 Å². The SMILES string of the molecule is CN1CCN(Nc2ncncc2Cl)CC1. The molecule has 0 amide bonds. The van der Waals surface area contributed by atoms with Gasteiger partial charge in [0.1, 0.15) is 11.3 Å². The molecule has 1 aromatic heterocycles. The number of nitrogens with zero attached hydrogens (tertiary/aromatic N) is 4. The highest BCUT2D eigenvalue weighted by Gasteiger charge is 2.14. The maximum atomic E-state index is 5.95. The zero-order chi connectivity index (χ0) is 10.7. The van der Waals surface area contributed by atoms with Crippen LogP contribution in [0.5, 0.6) is 0 Å². The van der Waals surface area contributed by atoms with E-state index in [1.165, 1.54) is 6.33 Å². The number of aromatic nitrogens is 2. The molecule has 1 aliphatic rings. The van der Waals surface area contributed by atoms with Gasteiger partial charge in [0.15, 0.2) is 5.82 Å². The first-order valence-corrected chi connectivity index (χ1v) is 5.29. The molecule has 0 aromatic carbocycles. The summed E-state index contributed by atoms with van der Waals surface area (Å²) in [6.07, 6.45) is 3.08. The Labute approximate surface area is 94.0 Å². The Morgan fingerprint density at radius 3 is 2.73 bits per heavy atom. The summed E-state index contributed by atoms with van der Waals surface area (Å²) in [5.74, 6) is 0.677. The van der Waals surface area contributed by atoms with E-state index in [4.69, 9.17) is 11.6 Å². The summed E-state index contributed by atoms with van der Waals surface area (Å²) in [6.45, 7) is 4.04. The summed E-state index contributed by atoms with van der Waals surface area (Å²) >= 11 is 5.95. The molecule has 0 aliphatic carbocycles. The van der Waals surface area contributed by atoms with Gasteiger partial charge in [0, 0.05) is 26.2 Å². The first-order valence-electron chi connectivity index (χ1n) is 4.91. The van der Waals surface area contributed by atoms with E-state index in [0.29, 0.717) is 10.8 Å². The summed E-state index contributed by atoms with van der Waals surface area (Å²) in [5.41, 5.74) is 3.19. The number of hydrazine groups is 1. The van der Waals surface area contributed by atoms with Crippen LogP contribution < -0.4 is 5.43 Å². The highest BCUT2D eigenvalue weighted by atomic mass is 35.5. The molecule has 2 rings (SSSR count). The van der Waals surface area contributed by atoms with Crippen LogP contribution >= 0.6 is 11.6 Å². The average molecular weight is 228 g/mol. The lowest BCUT2D eigenvalue weighted by Gasteiger charge is -2.32. The third-order valence-corrected chi connectivity index (χ3v) is 2.71. The molecular formula is C9H14ClN5. The summed E-state index contributed by atoms with van der Waals surface area (Å²) in [5, 5.41) is 2.67. The van der Waals surface area contributed by atoms with E-state index >= 15 is 0 Å². The maximum absolute atomic E-state index is 5.95.